The molecule has 0 fully saturated rings. The van der Waals surface area contributed by atoms with E-state index in [-0.39, 0.29) is 0 Å². The SMILES string of the molecule is Nc1ccc2c(c1)[nH]c(=O)n2-c1c(F)cccc1F. The van der Waals surface area contributed by atoms with Gasteiger partial charge in [0, 0.05) is 5.69 Å². The number of aromatic amines is 1. The first kappa shape index (κ1) is 11.5. The van der Waals surface area contributed by atoms with E-state index in [1.165, 1.54) is 18.2 Å². The van der Waals surface area contributed by atoms with Gasteiger partial charge in [-0.25, -0.2) is 13.6 Å². The number of hydrogen-bond acceptors (Lipinski definition) is 2. The summed E-state index contributed by atoms with van der Waals surface area (Å²) in [5, 5.41) is 0. The van der Waals surface area contributed by atoms with Gasteiger partial charge in [0.25, 0.3) is 0 Å². The van der Waals surface area contributed by atoms with Gasteiger partial charge in [-0.15, -0.1) is 0 Å². The van der Waals surface area contributed by atoms with Crippen LogP contribution in [0.3, 0.4) is 0 Å². The number of H-pyrrole nitrogens is 1. The largest absolute Gasteiger partial charge is 0.399 e. The number of nitrogens with one attached hydrogen (secondary N) is 1. The fraction of sp³-hybridized carbons (Fsp3) is 0. The number of anilines is 1. The van der Waals surface area contributed by atoms with Crippen LogP contribution in [0, 0.1) is 11.6 Å². The molecule has 0 aliphatic heterocycles. The molecule has 6 heteroatoms. The lowest BCUT2D eigenvalue weighted by Gasteiger charge is -2.06. The number of hydrogen-bond donors (Lipinski definition) is 2. The number of rotatable bonds is 1. The summed E-state index contributed by atoms with van der Waals surface area (Å²) in [5.41, 5.74) is 5.82. The normalized spacial score (nSPS) is 11.1. The van der Waals surface area contributed by atoms with Crippen LogP contribution < -0.4 is 11.4 Å². The highest BCUT2D eigenvalue weighted by atomic mass is 19.1. The zero-order chi connectivity index (χ0) is 13.6. The third-order valence-corrected chi connectivity index (χ3v) is 2.87. The van der Waals surface area contributed by atoms with Crippen molar-refractivity contribution in [2.75, 3.05) is 5.73 Å². The second-order valence-corrected chi connectivity index (χ2v) is 4.11. The maximum atomic E-state index is 13.8. The minimum atomic E-state index is -0.806. The van der Waals surface area contributed by atoms with Crippen molar-refractivity contribution in [2.45, 2.75) is 0 Å². The molecule has 2 aromatic carbocycles. The van der Waals surface area contributed by atoms with Gasteiger partial charge in [-0.3, -0.25) is 4.57 Å². The van der Waals surface area contributed by atoms with Crippen molar-refractivity contribution in [2.24, 2.45) is 0 Å². The standard InChI is InChI=1S/C13H9F2N3O/c14-8-2-1-3-9(15)12(8)18-11-5-4-7(16)6-10(11)17-13(18)19/h1-6H,16H2,(H,17,19). The number of halogens is 2. The average molecular weight is 261 g/mol. The van der Waals surface area contributed by atoms with Crippen molar-refractivity contribution in [1.29, 1.82) is 0 Å². The second kappa shape index (κ2) is 3.94. The Morgan fingerprint density at radius 1 is 1.11 bits per heavy atom. The fourth-order valence-electron chi connectivity index (χ4n) is 2.05. The van der Waals surface area contributed by atoms with Crippen LogP contribution >= 0.6 is 0 Å². The van der Waals surface area contributed by atoms with Crippen LogP contribution in [0.5, 0.6) is 0 Å². The van der Waals surface area contributed by atoms with Crippen molar-refractivity contribution in [3.05, 3.63) is 58.5 Å². The van der Waals surface area contributed by atoms with Gasteiger partial charge < -0.3 is 10.7 Å². The van der Waals surface area contributed by atoms with Crippen LogP contribution in [-0.2, 0) is 0 Å². The van der Waals surface area contributed by atoms with Crippen molar-refractivity contribution < 1.29 is 8.78 Å². The molecule has 0 spiro atoms. The Bertz CT molecular complexity index is 815. The molecule has 3 aromatic rings. The number of fused-ring (bicyclic) bond motifs is 1. The Balaban J connectivity index is 2.43. The highest BCUT2D eigenvalue weighted by Crippen LogP contribution is 2.21. The van der Waals surface area contributed by atoms with E-state index in [2.05, 4.69) is 4.98 Å². The number of para-hydroxylation sites is 1. The molecule has 96 valence electrons. The summed E-state index contributed by atoms with van der Waals surface area (Å²) in [6, 6.07) is 8.07. The summed E-state index contributed by atoms with van der Waals surface area (Å²) in [5.74, 6) is -1.61. The Morgan fingerprint density at radius 3 is 2.47 bits per heavy atom. The van der Waals surface area contributed by atoms with Crippen LogP contribution in [-0.4, -0.2) is 9.55 Å². The number of nitrogen functional groups attached to an aromatic ring is 1. The molecule has 3 rings (SSSR count). The Labute approximate surface area is 106 Å². The Morgan fingerprint density at radius 2 is 1.79 bits per heavy atom. The molecule has 3 N–H and O–H groups in total. The maximum Gasteiger partial charge on any atom is 0.331 e. The van der Waals surface area contributed by atoms with Gasteiger partial charge in [-0.2, -0.15) is 0 Å². The van der Waals surface area contributed by atoms with E-state index < -0.39 is 23.0 Å². The lowest BCUT2D eigenvalue weighted by molar-refractivity contribution is 0.569. The molecular weight excluding hydrogens is 252 g/mol. The minimum absolute atomic E-state index is 0.364. The lowest BCUT2D eigenvalue weighted by atomic mass is 10.2. The molecule has 0 saturated carbocycles. The molecule has 19 heavy (non-hydrogen) atoms. The summed E-state index contributed by atoms with van der Waals surface area (Å²) in [6.45, 7) is 0. The highest BCUT2D eigenvalue weighted by Gasteiger charge is 2.16. The van der Waals surface area contributed by atoms with Gasteiger partial charge >= 0.3 is 5.69 Å². The quantitative estimate of drug-likeness (QED) is 0.659. The van der Waals surface area contributed by atoms with Crippen LogP contribution in [0.25, 0.3) is 16.7 Å². The predicted molar refractivity (Wildman–Crippen MR) is 68.2 cm³/mol. The number of nitrogens with zero attached hydrogens (tertiary/aromatic N) is 1. The van der Waals surface area contributed by atoms with Crippen LogP contribution in [0.1, 0.15) is 0 Å². The number of imidazole rings is 1. The third kappa shape index (κ3) is 1.69. The first-order valence-electron chi connectivity index (χ1n) is 5.52. The predicted octanol–water partition coefficient (Wildman–Crippen LogP) is 2.18. The van der Waals surface area contributed by atoms with Gasteiger partial charge in [-0.05, 0) is 30.3 Å². The average Bonchev–Trinajstić information content (AvgIpc) is 2.65. The van der Waals surface area contributed by atoms with E-state index in [1.54, 1.807) is 6.07 Å². The molecule has 0 bridgehead atoms. The number of benzene rings is 2. The molecule has 0 unspecified atom stereocenters. The van der Waals surface area contributed by atoms with Crippen LogP contribution in [0.4, 0.5) is 14.5 Å². The van der Waals surface area contributed by atoms with Crippen LogP contribution in [0.2, 0.25) is 0 Å². The molecular formula is C13H9F2N3O. The summed E-state index contributed by atoms with van der Waals surface area (Å²) >= 11 is 0. The van der Waals surface area contributed by atoms with Crippen LogP contribution in [0.15, 0.2) is 41.2 Å². The van der Waals surface area contributed by atoms with E-state index in [0.717, 1.165) is 16.7 Å². The van der Waals surface area contributed by atoms with E-state index in [4.69, 9.17) is 5.73 Å². The zero-order valence-electron chi connectivity index (χ0n) is 9.65. The molecule has 0 radical (unpaired) electrons. The molecule has 0 saturated heterocycles. The molecule has 1 aromatic heterocycles. The molecule has 0 aliphatic carbocycles. The summed E-state index contributed by atoms with van der Waals surface area (Å²) in [4.78, 5) is 14.4. The second-order valence-electron chi connectivity index (χ2n) is 4.11. The fourth-order valence-corrected chi connectivity index (χ4v) is 2.05. The molecule has 1 heterocycles. The Kier molecular flexibility index (Phi) is 2.38. The number of aromatic nitrogens is 2. The molecule has 0 amide bonds. The van der Waals surface area contributed by atoms with Crippen molar-refractivity contribution >= 4 is 16.7 Å². The van der Waals surface area contributed by atoms with Crippen molar-refractivity contribution in [1.82, 2.24) is 9.55 Å². The van der Waals surface area contributed by atoms with Crippen molar-refractivity contribution in [3.63, 3.8) is 0 Å². The summed E-state index contributed by atoms with van der Waals surface area (Å²) < 4.78 is 28.5. The topological polar surface area (TPSA) is 63.8 Å². The van der Waals surface area contributed by atoms with Gasteiger partial charge in [-0.1, -0.05) is 6.07 Å². The maximum absolute atomic E-state index is 13.8. The minimum Gasteiger partial charge on any atom is -0.399 e. The first-order chi connectivity index (χ1) is 9.08. The zero-order valence-corrected chi connectivity index (χ0v) is 9.65. The highest BCUT2D eigenvalue weighted by molar-refractivity contribution is 5.80. The molecule has 0 aliphatic rings. The lowest BCUT2D eigenvalue weighted by Crippen LogP contribution is -2.17. The molecule has 4 nitrogen and oxygen atoms in total. The van der Waals surface area contributed by atoms with E-state index in [0.29, 0.717) is 16.7 Å². The monoisotopic (exact) mass is 261 g/mol. The van der Waals surface area contributed by atoms with Gasteiger partial charge in [0.05, 0.1) is 11.0 Å². The van der Waals surface area contributed by atoms with E-state index in [1.807, 2.05) is 0 Å². The van der Waals surface area contributed by atoms with Gasteiger partial charge in [0.2, 0.25) is 0 Å². The van der Waals surface area contributed by atoms with E-state index >= 15 is 0 Å². The first-order valence-corrected chi connectivity index (χ1v) is 5.52. The van der Waals surface area contributed by atoms with Gasteiger partial charge in [0.15, 0.2) is 0 Å². The summed E-state index contributed by atoms with van der Waals surface area (Å²) in [7, 11) is 0. The summed E-state index contributed by atoms with van der Waals surface area (Å²) in [6.07, 6.45) is 0. The van der Waals surface area contributed by atoms with Crippen molar-refractivity contribution in [3.8, 4) is 5.69 Å². The third-order valence-electron chi connectivity index (χ3n) is 2.87. The smallest absolute Gasteiger partial charge is 0.331 e. The van der Waals surface area contributed by atoms with E-state index in [9.17, 15) is 13.6 Å². The molecule has 0 atom stereocenters. The Hall–Kier alpha value is -2.63. The van der Waals surface area contributed by atoms with Gasteiger partial charge in [0.1, 0.15) is 17.3 Å². The number of nitrogens with two attached hydrogens (primary N) is 1.